The normalized spacial score (nSPS) is 11.5. The Morgan fingerprint density at radius 2 is 0.474 bits per heavy atom. The monoisotopic (exact) mass is 1070 g/mol. The van der Waals surface area contributed by atoms with Crippen molar-refractivity contribution in [1.29, 1.82) is 0 Å². The Hall–Kier alpha value is -8.08. The lowest BCUT2D eigenvalue weighted by Crippen LogP contribution is -2.13. The molecule has 0 atom stereocenters. The van der Waals surface area contributed by atoms with Crippen molar-refractivity contribution >= 4 is 112 Å². The van der Waals surface area contributed by atoms with E-state index in [4.69, 9.17) is 0 Å². The molecule has 0 heterocycles. The van der Waals surface area contributed by atoms with Gasteiger partial charge in [-0.25, -0.2) is 0 Å². The Bertz CT molecular complexity index is 3570. The minimum Gasteiger partial charge on any atom is -0.311 e. The molecule has 0 aliphatic carbocycles. The van der Waals surface area contributed by atoms with Gasteiger partial charge in [-0.05, 0) is 181 Å². The Morgan fingerprint density at radius 3 is 0.697 bits per heavy atom. The molecular formula is C62H50N4O6S4. The molecule has 0 aromatic heterocycles. The molecule has 0 aliphatic heterocycles. The molecular weight excluding hydrogens is 1020 g/mol. The van der Waals surface area contributed by atoms with E-state index in [0.29, 0.717) is 21.2 Å². The third-order valence-corrected chi connectivity index (χ3v) is 16.4. The minimum atomic E-state index is -4.49. The predicted molar refractivity (Wildman–Crippen MR) is 314 cm³/mol. The van der Waals surface area contributed by atoms with Crippen molar-refractivity contribution < 1.29 is 25.9 Å². The van der Waals surface area contributed by atoms with Gasteiger partial charge in [-0.15, -0.1) is 23.5 Å². The van der Waals surface area contributed by atoms with Crippen LogP contribution in [0, 0.1) is 0 Å². The highest BCUT2D eigenvalue weighted by Crippen LogP contribution is 2.44. The van der Waals surface area contributed by atoms with Crippen molar-refractivity contribution in [2.75, 3.05) is 32.1 Å². The van der Waals surface area contributed by atoms with Crippen LogP contribution >= 0.6 is 23.5 Å². The van der Waals surface area contributed by atoms with Crippen LogP contribution in [0.25, 0.3) is 11.1 Å². The van der Waals surface area contributed by atoms with Crippen LogP contribution in [-0.4, -0.2) is 38.5 Å². The summed E-state index contributed by atoms with van der Waals surface area (Å²) in [6.07, 6.45) is 3.55. The maximum absolute atomic E-state index is 12.5. The summed E-state index contributed by atoms with van der Waals surface area (Å²) in [6.45, 7) is 0. The lowest BCUT2D eigenvalue weighted by atomic mass is 10.0. The maximum Gasteiger partial charge on any atom is 0.295 e. The number of hydrogen-bond acceptors (Lipinski definition) is 10. The first-order valence-corrected chi connectivity index (χ1v) is 29.3. The molecule has 0 fully saturated rings. The van der Waals surface area contributed by atoms with Gasteiger partial charge in [0, 0.05) is 78.0 Å². The van der Waals surface area contributed by atoms with E-state index in [1.165, 1.54) is 35.7 Å². The van der Waals surface area contributed by atoms with Crippen molar-refractivity contribution in [3.63, 3.8) is 0 Å². The van der Waals surface area contributed by atoms with E-state index in [9.17, 15) is 25.9 Å². The van der Waals surface area contributed by atoms with Gasteiger partial charge in [-0.2, -0.15) is 16.8 Å². The standard InChI is InChI=1S/C62H50N4O6S4/c1-73-59-41-39-57(43-61(59)75(67,68)69)65(49-19-11-5-12-20-49)55-35-31-53(32-36-55)63(47-15-7-3-8-16-47)51-27-23-45(24-28-51)46-25-29-52(30-26-46)64(48-17-9-4-10-18-48)54-33-37-56(38-34-54)66(50-21-13-6-14-22-50)58-40-42-60(74-2)62(44-58)76(70,71)72/h3-44H,1-2H3,(H,67,68,69)(H,70,71,72). The van der Waals surface area contributed by atoms with Crippen molar-refractivity contribution in [2.24, 2.45) is 0 Å². The summed E-state index contributed by atoms with van der Waals surface area (Å²) in [7, 11) is -8.98. The minimum absolute atomic E-state index is 0.147. The van der Waals surface area contributed by atoms with Gasteiger partial charge < -0.3 is 19.6 Å². The largest absolute Gasteiger partial charge is 0.311 e. The average Bonchev–Trinajstić information content (AvgIpc) is 3.48. The number of nitrogens with zero attached hydrogens (tertiary/aromatic N) is 4. The fourth-order valence-corrected chi connectivity index (χ4v) is 12.5. The summed E-state index contributed by atoms with van der Waals surface area (Å²) < 4.78 is 70.4. The van der Waals surface area contributed by atoms with E-state index in [0.717, 1.165) is 68.0 Å². The Kier molecular flexibility index (Phi) is 15.2. The number of para-hydroxylation sites is 4. The van der Waals surface area contributed by atoms with Crippen molar-refractivity contribution in [2.45, 2.75) is 19.6 Å². The van der Waals surface area contributed by atoms with Crippen LogP contribution < -0.4 is 19.6 Å². The van der Waals surface area contributed by atoms with Crippen LogP contribution in [0.1, 0.15) is 0 Å². The van der Waals surface area contributed by atoms with Crippen LogP contribution in [0.15, 0.2) is 274 Å². The first kappa shape index (κ1) is 51.4. The fraction of sp³-hybridized carbons (Fsp3) is 0.0323. The summed E-state index contributed by atoms with van der Waals surface area (Å²) >= 11 is 2.51. The van der Waals surface area contributed by atoms with Crippen LogP contribution in [-0.2, 0) is 20.2 Å². The number of rotatable bonds is 17. The maximum atomic E-state index is 12.5. The second-order valence-electron chi connectivity index (χ2n) is 17.4. The van der Waals surface area contributed by atoms with Gasteiger partial charge in [0.05, 0.1) is 0 Å². The zero-order chi connectivity index (χ0) is 52.8. The van der Waals surface area contributed by atoms with E-state index in [1.807, 2.05) is 168 Å². The molecule has 10 aromatic carbocycles. The van der Waals surface area contributed by atoms with E-state index >= 15 is 0 Å². The van der Waals surface area contributed by atoms with Gasteiger partial charge in [-0.3, -0.25) is 9.11 Å². The molecule has 0 amide bonds. The molecule has 0 unspecified atom stereocenters. The summed E-state index contributed by atoms with van der Waals surface area (Å²) in [5, 5.41) is 0. The molecule has 0 spiro atoms. The Balaban J connectivity index is 0.945. The van der Waals surface area contributed by atoms with Crippen molar-refractivity contribution in [3.05, 3.63) is 255 Å². The first-order chi connectivity index (χ1) is 36.9. The number of anilines is 12. The molecule has 0 saturated heterocycles. The van der Waals surface area contributed by atoms with Crippen LogP contribution in [0.2, 0.25) is 0 Å². The van der Waals surface area contributed by atoms with Crippen LogP contribution in [0.5, 0.6) is 0 Å². The zero-order valence-corrected chi connectivity index (χ0v) is 44.5. The molecule has 10 rings (SSSR count). The summed E-state index contributed by atoms with van der Waals surface area (Å²) in [5.74, 6) is 0. The molecule has 0 aliphatic rings. The molecule has 14 heteroatoms. The Labute approximate surface area is 452 Å². The van der Waals surface area contributed by atoms with E-state index < -0.39 is 20.2 Å². The SMILES string of the molecule is CSc1ccc(N(c2ccccc2)c2ccc(N(c3ccccc3)c3ccc(-c4ccc(N(c5ccccc5)c5ccc(N(c6ccccc6)c6ccc(SC)c(S(=O)(=O)O)c6)cc5)cc4)cc3)cc2)cc1S(=O)(=O)O. The highest BCUT2D eigenvalue weighted by atomic mass is 32.2. The molecule has 10 nitrogen and oxygen atoms in total. The van der Waals surface area contributed by atoms with E-state index in [2.05, 4.69) is 82.6 Å². The van der Waals surface area contributed by atoms with Gasteiger partial charge in [0.2, 0.25) is 0 Å². The van der Waals surface area contributed by atoms with E-state index in [1.54, 1.807) is 24.6 Å². The van der Waals surface area contributed by atoms with Crippen LogP contribution in [0.3, 0.4) is 0 Å². The van der Waals surface area contributed by atoms with Gasteiger partial charge >= 0.3 is 0 Å². The second-order valence-corrected chi connectivity index (χ2v) is 21.9. The fourth-order valence-electron chi connectivity index (χ4n) is 9.22. The molecule has 0 saturated carbocycles. The summed E-state index contributed by atoms with van der Waals surface area (Å²) in [5.41, 5.74) is 12.1. The zero-order valence-electron chi connectivity index (χ0n) is 41.2. The number of benzene rings is 10. The molecule has 0 bridgehead atoms. The van der Waals surface area contributed by atoms with Gasteiger partial charge in [0.25, 0.3) is 20.2 Å². The third kappa shape index (κ3) is 11.1. The summed E-state index contributed by atoms with van der Waals surface area (Å²) in [4.78, 5) is 8.92. The van der Waals surface area contributed by atoms with Gasteiger partial charge in [-0.1, -0.05) is 97.1 Å². The second kappa shape index (κ2) is 22.4. The lowest BCUT2D eigenvalue weighted by molar-refractivity contribution is 0.479. The molecule has 378 valence electrons. The predicted octanol–water partition coefficient (Wildman–Crippen LogP) is 17.2. The topological polar surface area (TPSA) is 122 Å². The lowest BCUT2D eigenvalue weighted by Gasteiger charge is -2.29. The van der Waals surface area contributed by atoms with Gasteiger partial charge in [0.15, 0.2) is 0 Å². The smallest absolute Gasteiger partial charge is 0.295 e. The van der Waals surface area contributed by atoms with Crippen LogP contribution in [0.4, 0.5) is 68.2 Å². The highest BCUT2D eigenvalue weighted by Gasteiger charge is 2.23. The van der Waals surface area contributed by atoms with Crippen molar-refractivity contribution in [1.82, 2.24) is 0 Å². The Morgan fingerprint density at radius 1 is 0.276 bits per heavy atom. The average molecular weight is 1080 g/mol. The number of thioether (sulfide) groups is 2. The van der Waals surface area contributed by atoms with E-state index in [-0.39, 0.29) is 9.79 Å². The van der Waals surface area contributed by atoms with Crippen molar-refractivity contribution in [3.8, 4) is 11.1 Å². The molecule has 76 heavy (non-hydrogen) atoms. The molecule has 2 N–H and O–H groups in total. The highest BCUT2D eigenvalue weighted by molar-refractivity contribution is 7.99. The van der Waals surface area contributed by atoms with Gasteiger partial charge in [0.1, 0.15) is 9.79 Å². The number of hydrogen-bond donors (Lipinski definition) is 2. The molecule has 0 radical (unpaired) electrons. The third-order valence-electron chi connectivity index (χ3n) is 12.7. The first-order valence-electron chi connectivity index (χ1n) is 24.0. The molecule has 10 aromatic rings. The summed E-state index contributed by atoms with van der Waals surface area (Å²) in [6, 6.07) is 83.0. The quantitative estimate of drug-likeness (QED) is 0.0667.